The minimum Gasteiger partial charge on any atom is -0.312 e. The third-order valence-corrected chi connectivity index (χ3v) is 6.08. The van der Waals surface area contributed by atoms with E-state index in [1.165, 1.54) is 36.0 Å². The van der Waals surface area contributed by atoms with Gasteiger partial charge in [-0.3, -0.25) is 0 Å². The van der Waals surface area contributed by atoms with E-state index in [1.54, 1.807) is 0 Å². The molecule has 0 heterocycles. The molecule has 1 aliphatic rings. The molecule has 118 valence electrons. The topological polar surface area (TPSA) is 12.0 Å². The predicted octanol–water partition coefficient (Wildman–Crippen LogP) is 5.09. The van der Waals surface area contributed by atoms with Gasteiger partial charge in [0.25, 0.3) is 0 Å². The van der Waals surface area contributed by atoms with Gasteiger partial charge in [0.05, 0.1) is 0 Å². The summed E-state index contributed by atoms with van der Waals surface area (Å²) in [4.78, 5) is 0. The van der Waals surface area contributed by atoms with Crippen molar-refractivity contribution in [2.75, 3.05) is 6.54 Å². The fourth-order valence-corrected chi connectivity index (χ4v) is 5.10. The van der Waals surface area contributed by atoms with Crippen LogP contribution < -0.4 is 5.32 Å². The van der Waals surface area contributed by atoms with Gasteiger partial charge in [-0.1, -0.05) is 50.1 Å². The van der Waals surface area contributed by atoms with Crippen molar-refractivity contribution in [3.63, 3.8) is 0 Å². The Morgan fingerprint density at radius 1 is 1.19 bits per heavy atom. The molecule has 1 aromatic rings. The van der Waals surface area contributed by atoms with Gasteiger partial charge in [0.15, 0.2) is 0 Å². The number of hydrogen-bond acceptors (Lipinski definition) is 2. The highest BCUT2D eigenvalue weighted by molar-refractivity contribution is 7.99. The zero-order chi connectivity index (χ0) is 15.5. The third kappa shape index (κ3) is 4.50. The van der Waals surface area contributed by atoms with Gasteiger partial charge in [0.2, 0.25) is 0 Å². The van der Waals surface area contributed by atoms with E-state index in [9.17, 15) is 0 Å². The average molecular weight is 306 g/mol. The van der Waals surface area contributed by atoms with E-state index >= 15 is 0 Å². The fraction of sp³-hybridized carbons (Fsp3) is 0.684. The van der Waals surface area contributed by atoms with Crippen molar-refractivity contribution >= 4 is 11.8 Å². The van der Waals surface area contributed by atoms with E-state index in [0.717, 1.165) is 17.5 Å². The van der Waals surface area contributed by atoms with Crippen LogP contribution in [0.2, 0.25) is 0 Å². The highest BCUT2D eigenvalue weighted by Gasteiger charge is 2.41. The lowest BCUT2D eigenvalue weighted by atomic mass is 9.87. The van der Waals surface area contributed by atoms with Crippen molar-refractivity contribution in [3.8, 4) is 0 Å². The molecule has 0 aromatic heterocycles. The van der Waals surface area contributed by atoms with Crippen LogP contribution in [0.25, 0.3) is 0 Å². The SMILES string of the molecule is CCCNC1C(SCc2cc(C)cc(C)c2)CCC1(C)C. The van der Waals surface area contributed by atoms with Gasteiger partial charge in [0.1, 0.15) is 0 Å². The maximum absolute atomic E-state index is 3.81. The van der Waals surface area contributed by atoms with E-state index in [1.807, 2.05) is 0 Å². The van der Waals surface area contributed by atoms with E-state index < -0.39 is 0 Å². The molecule has 21 heavy (non-hydrogen) atoms. The Hall–Kier alpha value is -0.470. The normalized spacial score (nSPS) is 24.4. The van der Waals surface area contributed by atoms with Crippen molar-refractivity contribution in [3.05, 3.63) is 34.9 Å². The highest BCUT2D eigenvalue weighted by atomic mass is 32.2. The maximum atomic E-state index is 3.81. The van der Waals surface area contributed by atoms with Crippen molar-refractivity contribution in [2.24, 2.45) is 5.41 Å². The number of nitrogens with one attached hydrogen (secondary N) is 1. The molecule has 1 fully saturated rings. The summed E-state index contributed by atoms with van der Waals surface area (Å²) in [6.45, 7) is 12.7. The lowest BCUT2D eigenvalue weighted by molar-refractivity contribution is 0.287. The number of rotatable bonds is 6. The second kappa shape index (κ2) is 7.19. The zero-order valence-electron chi connectivity index (χ0n) is 14.3. The molecule has 0 bridgehead atoms. The summed E-state index contributed by atoms with van der Waals surface area (Å²) in [5, 5.41) is 4.57. The van der Waals surface area contributed by atoms with Gasteiger partial charge < -0.3 is 5.32 Å². The summed E-state index contributed by atoms with van der Waals surface area (Å²) in [5.74, 6) is 1.15. The number of hydrogen-bond donors (Lipinski definition) is 1. The number of aryl methyl sites for hydroxylation is 2. The van der Waals surface area contributed by atoms with E-state index in [0.29, 0.717) is 11.5 Å². The van der Waals surface area contributed by atoms with Crippen molar-refractivity contribution < 1.29 is 0 Å². The summed E-state index contributed by atoms with van der Waals surface area (Å²) in [6, 6.07) is 7.61. The Labute approximate surface area is 135 Å². The Kier molecular flexibility index (Phi) is 5.79. The molecule has 0 amide bonds. The molecule has 1 aromatic carbocycles. The van der Waals surface area contributed by atoms with E-state index in [4.69, 9.17) is 0 Å². The quantitative estimate of drug-likeness (QED) is 0.785. The first-order chi connectivity index (χ1) is 9.92. The molecule has 1 N–H and O–H groups in total. The minimum atomic E-state index is 0.440. The van der Waals surface area contributed by atoms with Crippen molar-refractivity contribution in [2.45, 2.75) is 70.9 Å². The molecule has 0 aliphatic heterocycles. The van der Waals surface area contributed by atoms with Crippen LogP contribution in [0.5, 0.6) is 0 Å². The molecule has 2 atom stereocenters. The molecule has 2 unspecified atom stereocenters. The minimum absolute atomic E-state index is 0.440. The first kappa shape index (κ1) is 16.9. The van der Waals surface area contributed by atoms with Crippen molar-refractivity contribution in [1.82, 2.24) is 5.32 Å². The molecule has 2 heteroatoms. The molecule has 0 spiro atoms. The molecule has 1 saturated carbocycles. The monoisotopic (exact) mass is 305 g/mol. The van der Waals surface area contributed by atoms with Crippen LogP contribution in [-0.2, 0) is 5.75 Å². The zero-order valence-corrected chi connectivity index (χ0v) is 15.1. The maximum Gasteiger partial charge on any atom is 0.0237 e. The van der Waals surface area contributed by atoms with Crippen LogP contribution >= 0.6 is 11.8 Å². The van der Waals surface area contributed by atoms with Gasteiger partial charge in [-0.15, -0.1) is 0 Å². The summed E-state index contributed by atoms with van der Waals surface area (Å²) >= 11 is 2.15. The van der Waals surface area contributed by atoms with Crippen LogP contribution in [0, 0.1) is 19.3 Å². The first-order valence-corrected chi connectivity index (χ1v) is 9.39. The Balaban J connectivity index is 1.97. The molecule has 1 nitrogen and oxygen atoms in total. The Bertz CT molecular complexity index is 446. The average Bonchev–Trinajstić information content (AvgIpc) is 2.68. The third-order valence-electron chi connectivity index (χ3n) is 4.65. The van der Waals surface area contributed by atoms with Crippen LogP contribution in [0.3, 0.4) is 0 Å². The van der Waals surface area contributed by atoms with Crippen LogP contribution in [0.15, 0.2) is 18.2 Å². The summed E-state index contributed by atoms with van der Waals surface area (Å²) in [7, 11) is 0. The van der Waals surface area contributed by atoms with Gasteiger partial charge in [-0.2, -0.15) is 11.8 Å². The second-order valence-corrected chi connectivity index (χ2v) is 8.53. The molecule has 2 rings (SSSR count). The molecule has 0 radical (unpaired) electrons. The van der Waals surface area contributed by atoms with Crippen molar-refractivity contribution in [1.29, 1.82) is 0 Å². The van der Waals surface area contributed by atoms with Crippen LogP contribution in [0.1, 0.15) is 56.7 Å². The fourth-order valence-electron chi connectivity index (χ4n) is 3.58. The largest absolute Gasteiger partial charge is 0.312 e. The first-order valence-electron chi connectivity index (χ1n) is 8.34. The highest BCUT2D eigenvalue weighted by Crippen LogP contribution is 2.43. The van der Waals surface area contributed by atoms with Gasteiger partial charge in [-0.05, 0) is 50.6 Å². The smallest absolute Gasteiger partial charge is 0.0237 e. The Morgan fingerprint density at radius 2 is 1.86 bits per heavy atom. The van der Waals surface area contributed by atoms with Crippen LogP contribution in [0.4, 0.5) is 0 Å². The number of benzene rings is 1. The molecule has 1 aliphatic carbocycles. The summed E-state index contributed by atoms with van der Waals surface area (Å²) in [6.07, 6.45) is 3.92. The Morgan fingerprint density at radius 3 is 2.48 bits per heavy atom. The predicted molar refractivity (Wildman–Crippen MR) is 96.1 cm³/mol. The summed E-state index contributed by atoms with van der Waals surface area (Å²) in [5.41, 5.74) is 4.70. The molecule has 0 saturated heterocycles. The second-order valence-electron chi connectivity index (χ2n) is 7.30. The molecular formula is C19H31NS. The summed E-state index contributed by atoms with van der Waals surface area (Å²) < 4.78 is 0. The van der Waals surface area contributed by atoms with Gasteiger partial charge in [-0.25, -0.2) is 0 Å². The van der Waals surface area contributed by atoms with Gasteiger partial charge >= 0.3 is 0 Å². The molecular weight excluding hydrogens is 274 g/mol. The lowest BCUT2D eigenvalue weighted by Gasteiger charge is -2.31. The number of thioether (sulfide) groups is 1. The standard InChI is InChI=1S/C19H31NS/c1-6-9-20-18-17(7-8-19(18,4)5)21-13-16-11-14(2)10-15(3)12-16/h10-12,17-18,20H,6-9,13H2,1-5H3. The van der Waals surface area contributed by atoms with E-state index in [-0.39, 0.29) is 0 Å². The lowest BCUT2D eigenvalue weighted by Crippen LogP contribution is -2.43. The van der Waals surface area contributed by atoms with Gasteiger partial charge in [0, 0.05) is 17.0 Å². The van der Waals surface area contributed by atoms with E-state index in [2.05, 4.69) is 69.9 Å². The van der Waals surface area contributed by atoms with Crippen LogP contribution in [-0.4, -0.2) is 17.8 Å².